The Morgan fingerprint density at radius 2 is 1.74 bits per heavy atom. The normalized spacial score (nSPS) is 18.0. The lowest BCUT2D eigenvalue weighted by Gasteiger charge is -2.33. The van der Waals surface area contributed by atoms with Gasteiger partial charge in [0.1, 0.15) is 0 Å². The summed E-state index contributed by atoms with van der Waals surface area (Å²) in [5, 5.41) is 10.2. The van der Waals surface area contributed by atoms with Crippen LogP contribution in [0, 0.1) is 0 Å². The van der Waals surface area contributed by atoms with Gasteiger partial charge in [0.25, 0.3) is 5.60 Å². The molecule has 0 unspecified atom stereocenters. The van der Waals surface area contributed by atoms with Crippen LogP contribution in [0.3, 0.4) is 0 Å². The van der Waals surface area contributed by atoms with Crippen LogP contribution in [0.2, 0.25) is 0 Å². The van der Waals surface area contributed by atoms with E-state index >= 15 is 0 Å². The number of rotatable bonds is 5. The fourth-order valence-electron chi connectivity index (χ4n) is 3.10. The first-order valence-electron chi connectivity index (χ1n) is 8.10. The van der Waals surface area contributed by atoms with Crippen molar-refractivity contribution in [1.29, 1.82) is 0 Å². The van der Waals surface area contributed by atoms with E-state index in [1.165, 1.54) is 20.3 Å². The first kappa shape index (κ1) is 21.0. The molecule has 1 atom stereocenters. The van der Waals surface area contributed by atoms with Gasteiger partial charge in [0.05, 0.1) is 26.9 Å². The maximum atomic E-state index is 13.5. The number of hydrogen-bond acceptors (Lipinski definition) is 6. The Balaban J connectivity index is 2.62. The molecule has 0 bridgehead atoms. The van der Waals surface area contributed by atoms with Crippen LogP contribution in [-0.2, 0) is 16.0 Å². The number of aliphatic imine (C=N–C) groups is 1. The molecule has 0 amide bonds. The number of carbonyl (C=O) groups excluding carboxylic acids is 1. The van der Waals surface area contributed by atoms with Crippen molar-refractivity contribution in [2.75, 3.05) is 21.3 Å². The van der Waals surface area contributed by atoms with Crippen molar-refractivity contribution in [2.24, 2.45) is 4.99 Å². The van der Waals surface area contributed by atoms with Crippen molar-refractivity contribution in [3.05, 3.63) is 23.3 Å². The Morgan fingerprint density at radius 3 is 2.22 bits per heavy atom. The number of methoxy groups -OCH3 is 3. The zero-order chi connectivity index (χ0) is 20.6. The van der Waals surface area contributed by atoms with E-state index in [0.717, 1.165) is 7.11 Å². The smallest absolute Gasteiger partial charge is 0.428 e. The van der Waals surface area contributed by atoms with E-state index in [1.807, 2.05) is 0 Å². The Hall–Kier alpha value is -2.29. The molecule has 6 nitrogen and oxygen atoms in total. The third-order valence-corrected chi connectivity index (χ3v) is 4.40. The molecule has 9 heteroatoms. The quantitative estimate of drug-likeness (QED) is 0.784. The summed E-state index contributed by atoms with van der Waals surface area (Å²) in [5.74, 6) is -1.06. The molecule has 0 aromatic heterocycles. The van der Waals surface area contributed by atoms with E-state index in [1.54, 1.807) is 19.9 Å². The van der Waals surface area contributed by atoms with Gasteiger partial charge in [-0.15, -0.1) is 0 Å². The monoisotopic (exact) mass is 389 g/mol. The average Bonchev–Trinajstić information content (AvgIpc) is 2.57. The summed E-state index contributed by atoms with van der Waals surface area (Å²) in [6.45, 7) is 3.49. The summed E-state index contributed by atoms with van der Waals surface area (Å²) in [4.78, 5) is 16.1. The fourth-order valence-corrected chi connectivity index (χ4v) is 3.10. The Labute approximate surface area is 154 Å². The lowest BCUT2D eigenvalue weighted by Crippen LogP contribution is -2.54. The van der Waals surface area contributed by atoms with Gasteiger partial charge in [-0.2, -0.15) is 13.2 Å². The molecule has 1 N–H and O–H groups in total. The Morgan fingerprint density at radius 1 is 1.19 bits per heavy atom. The minimum atomic E-state index is -5.24. The van der Waals surface area contributed by atoms with Crippen molar-refractivity contribution in [2.45, 2.75) is 44.0 Å². The minimum Gasteiger partial charge on any atom is -0.493 e. The number of alkyl halides is 3. The highest BCUT2D eigenvalue weighted by molar-refractivity contribution is 6.06. The van der Waals surface area contributed by atoms with Gasteiger partial charge in [0.2, 0.25) is 0 Å². The number of halogens is 3. The molecule has 1 aliphatic rings. The van der Waals surface area contributed by atoms with Gasteiger partial charge >= 0.3 is 12.1 Å². The maximum absolute atomic E-state index is 13.5. The molecule has 1 heterocycles. The van der Waals surface area contributed by atoms with Crippen molar-refractivity contribution >= 4 is 11.7 Å². The summed E-state index contributed by atoms with van der Waals surface area (Å²) in [6, 6.07) is 3.16. The summed E-state index contributed by atoms with van der Waals surface area (Å²) in [6.07, 6.45) is -5.87. The topological polar surface area (TPSA) is 77.4 Å². The number of nitrogens with zero attached hydrogens (tertiary/aromatic N) is 1. The highest BCUT2D eigenvalue weighted by Crippen LogP contribution is 2.40. The van der Waals surface area contributed by atoms with Crippen LogP contribution in [0.25, 0.3) is 0 Å². The molecule has 1 aromatic rings. The molecular weight excluding hydrogens is 367 g/mol. The zero-order valence-corrected chi connectivity index (χ0v) is 15.7. The summed E-state index contributed by atoms with van der Waals surface area (Å²) < 4.78 is 55.1. The van der Waals surface area contributed by atoms with E-state index in [0.29, 0.717) is 29.0 Å². The van der Waals surface area contributed by atoms with Crippen LogP contribution in [0.5, 0.6) is 11.5 Å². The van der Waals surface area contributed by atoms with E-state index in [2.05, 4.69) is 9.73 Å². The van der Waals surface area contributed by atoms with Gasteiger partial charge in [-0.05, 0) is 38.0 Å². The van der Waals surface area contributed by atoms with Crippen LogP contribution < -0.4 is 9.47 Å². The zero-order valence-electron chi connectivity index (χ0n) is 15.7. The predicted molar refractivity (Wildman–Crippen MR) is 91.5 cm³/mol. The molecule has 0 radical (unpaired) electrons. The summed E-state index contributed by atoms with van der Waals surface area (Å²) >= 11 is 0. The molecule has 0 fully saturated rings. The number of hydrogen-bond donors (Lipinski definition) is 1. The van der Waals surface area contributed by atoms with Crippen LogP contribution in [-0.4, -0.2) is 55.4 Å². The van der Waals surface area contributed by atoms with Crippen molar-refractivity contribution in [1.82, 2.24) is 0 Å². The molecule has 0 saturated heterocycles. The molecule has 1 aliphatic heterocycles. The number of esters is 1. The van der Waals surface area contributed by atoms with Gasteiger partial charge in [-0.3, -0.25) is 4.99 Å². The van der Waals surface area contributed by atoms with E-state index in [-0.39, 0.29) is 5.71 Å². The highest BCUT2D eigenvalue weighted by Gasteiger charge is 2.61. The minimum absolute atomic E-state index is 0.0626. The second-order valence-electron chi connectivity index (χ2n) is 6.94. The second kappa shape index (κ2) is 7.03. The number of aliphatic hydroxyl groups is 1. The first-order valence-corrected chi connectivity index (χ1v) is 8.10. The lowest BCUT2D eigenvalue weighted by molar-refractivity contribution is -0.259. The van der Waals surface area contributed by atoms with Crippen LogP contribution >= 0.6 is 0 Å². The van der Waals surface area contributed by atoms with E-state index in [4.69, 9.17) is 9.47 Å². The van der Waals surface area contributed by atoms with E-state index < -0.39 is 29.7 Å². The van der Waals surface area contributed by atoms with Gasteiger partial charge in [0, 0.05) is 17.7 Å². The average molecular weight is 389 g/mol. The van der Waals surface area contributed by atoms with Gasteiger partial charge in [-0.1, -0.05) is 0 Å². The third kappa shape index (κ3) is 3.87. The Kier molecular flexibility index (Phi) is 5.47. The number of fused-ring (bicyclic) bond motifs is 1. The highest BCUT2D eigenvalue weighted by atomic mass is 19.4. The molecular formula is C18H22F3NO5. The lowest BCUT2D eigenvalue weighted by atomic mass is 9.82. The standard InChI is InChI=1S/C18H22F3NO5/c1-16(2)8-10-6-13(25-3)14(26-4)7-11(10)12(22-16)9-17(24,15(23)27-5)18(19,20)21/h6-7,24H,8-9H2,1-5H3/t17-/m1/s1. The van der Waals surface area contributed by atoms with E-state index in [9.17, 15) is 23.1 Å². The maximum Gasteiger partial charge on any atom is 0.428 e. The summed E-state index contributed by atoms with van der Waals surface area (Å²) in [7, 11) is 3.63. The molecule has 0 spiro atoms. The molecule has 27 heavy (non-hydrogen) atoms. The molecule has 150 valence electrons. The predicted octanol–water partition coefficient (Wildman–Crippen LogP) is 2.68. The number of benzene rings is 1. The van der Waals surface area contributed by atoms with Crippen LogP contribution in [0.4, 0.5) is 13.2 Å². The summed E-state index contributed by atoms with van der Waals surface area (Å²) in [5.41, 5.74) is -3.47. The Bertz CT molecular complexity index is 773. The first-order chi connectivity index (χ1) is 12.4. The van der Waals surface area contributed by atoms with Crippen molar-refractivity contribution in [3.63, 3.8) is 0 Å². The molecule has 0 aliphatic carbocycles. The van der Waals surface area contributed by atoms with Gasteiger partial charge in [0.15, 0.2) is 11.5 Å². The third-order valence-electron chi connectivity index (χ3n) is 4.40. The SMILES string of the molecule is COC(=O)[C@](O)(CC1=NC(C)(C)Cc2cc(OC)c(OC)cc21)C(F)(F)F. The fraction of sp³-hybridized carbons (Fsp3) is 0.556. The van der Waals surface area contributed by atoms with Crippen LogP contribution in [0.15, 0.2) is 17.1 Å². The second-order valence-corrected chi connectivity index (χ2v) is 6.94. The number of carbonyl (C=O) groups is 1. The molecule has 0 saturated carbocycles. The largest absolute Gasteiger partial charge is 0.493 e. The number of ether oxygens (including phenoxy) is 3. The van der Waals surface area contributed by atoms with Crippen LogP contribution in [0.1, 0.15) is 31.4 Å². The molecule has 1 aromatic carbocycles. The van der Waals surface area contributed by atoms with Crippen molar-refractivity contribution in [3.8, 4) is 11.5 Å². The van der Waals surface area contributed by atoms with Crippen molar-refractivity contribution < 1.29 is 37.3 Å². The van der Waals surface area contributed by atoms with Gasteiger partial charge in [-0.25, -0.2) is 4.79 Å². The van der Waals surface area contributed by atoms with Gasteiger partial charge < -0.3 is 19.3 Å². The molecule has 2 rings (SSSR count).